The minimum Gasteiger partial charge on any atom is -0.309 e. The molecule has 1 nitrogen and oxygen atoms in total. The minimum atomic E-state index is 1.10. The van der Waals surface area contributed by atoms with Gasteiger partial charge in [-0.2, -0.15) is 0 Å². The van der Waals surface area contributed by atoms with Crippen molar-refractivity contribution in [2.45, 2.75) is 0 Å². The molecular weight excluding hydrogens is 671 g/mol. The van der Waals surface area contributed by atoms with Gasteiger partial charge in [0, 0.05) is 37.0 Å². The molecule has 1 aromatic heterocycles. The Labute approximate surface area is 319 Å². The quantitative estimate of drug-likeness (QED) is 0.160. The second-order valence-electron chi connectivity index (χ2n) is 13.7. The first-order valence-corrected chi connectivity index (χ1v) is 19.2. The zero-order chi connectivity index (χ0) is 35.8. The van der Waals surface area contributed by atoms with Crippen LogP contribution in [0.2, 0.25) is 0 Å². The van der Waals surface area contributed by atoms with Crippen molar-refractivity contribution < 1.29 is 0 Å². The van der Waals surface area contributed by atoms with E-state index in [9.17, 15) is 0 Å². The van der Waals surface area contributed by atoms with Gasteiger partial charge in [0.1, 0.15) is 0 Å². The average Bonchev–Trinajstić information content (AvgIpc) is 3.64. The fourth-order valence-corrected chi connectivity index (χ4v) is 9.09. The fourth-order valence-electron chi connectivity index (χ4n) is 7.96. The van der Waals surface area contributed by atoms with Gasteiger partial charge in [0.25, 0.3) is 0 Å². The number of para-hydroxylation sites is 2. The molecule has 10 aromatic rings. The van der Waals surface area contributed by atoms with E-state index < -0.39 is 0 Å². The van der Waals surface area contributed by atoms with Gasteiger partial charge in [-0.15, -0.1) is 11.3 Å². The molecule has 0 spiro atoms. The largest absolute Gasteiger partial charge is 0.309 e. The summed E-state index contributed by atoms with van der Waals surface area (Å²) in [6.45, 7) is 0. The summed E-state index contributed by atoms with van der Waals surface area (Å²) in [5.74, 6) is 0. The Hall–Kier alpha value is -6.74. The van der Waals surface area contributed by atoms with E-state index in [1.54, 1.807) is 0 Å². The van der Waals surface area contributed by atoms with Crippen LogP contribution < -0.4 is 4.90 Å². The van der Waals surface area contributed by atoms with Crippen LogP contribution >= 0.6 is 11.3 Å². The van der Waals surface area contributed by atoms with Crippen LogP contribution in [-0.2, 0) is 0 Å². The third-order valence-corrected chi connectivity index (χ3v) is 11.6. The Morgan fingerprint density at radius 3 is 1.63 bits per heavy atom. The fraction of sp³-hybridized carbons (Fsp3) is 0. The number of nitrogens with zero attached hydrogens (tertiary/aromatic N) is 1. The average molecular weight is 706 g/mol. The van der Waals surface area contributed by atoms with Gasteiger partial charge in [0.05, 0.1) is 11.4 Å². The van der Waals surface area contributed by atoms with Gasteiger partial charge in [0.2, 0.25) is 0 Å². The Bertz CT molecular complexity index is 2940. The lowest BCUT2D eigenvalue weighted by Crippen LogP contribution is -2.12. The monoisotopic (exact) mass is 705 g/mol. The molecule has 0 saturated heterocycles. The van der Waals surface area contributed by atoms with Crippen LogP contribution in [-0.4, -0.2) is 0 Å². The summed E-state index contributed by atoms with van der Waals surface area (Å²) < 4.78 is 2.61. The standard InChI is InChI=1S/C52H35NS/c1-2-15-36(16-3-1)38-31-33-41(34-32-38)53(49-26-12-9-22-45(49)46-24-14-28-51-52(46)47-23-10-13-27-50(47)54-51)48-25-11-8-21-44(48)43-20-7-6-19-42(43)40-30-29-37-17-4-5-18-39(37)35-40/h1-35H. The molecule has 0 bridgehead atoms. The molecule has 0 atom stereocenters. The van der Waals surface area contributed by atoms with E-state index in [0.29, 0.717) is 0 Å². The molecule has 0 saturated carbocycles. The van der Waals surface area contributed by atoms with E-state index >= 15 is 0 Å². The minimum absolute atomic E-state index is 1.10. The molecule has 0 radical (unpaired) electrons. The maximum absolute atomic E-state index is 2.46. The van der Waals surface area contributed by atoms with E-state index in [1.807, 2.05) is 11.3 Å². The molecule has 0 aliphatic heterocycles. The van der Waals surface area contributed by atoms with Crippen molar-refractivity contribution in [2.75, 3.05) is 4.90 Å². The SMILES string of the molecule is c1ccc(-c2ccc(N(c3ccccc3-c3ccccc3-c3ccc4ccccc4c3)c3ccccc3-c3cccc4sc5ccccc5c34)cc2)cc1. The van der Waals surface area contributed by atoms with Gasteiger partial charge in [-0.05, 0) is 86.6 Å². The maximum Gasteiger partial charge on any atom is 0.0540 e. The van der Waals surface area contributed by atoms with Crippen molar-refractivity contribution in [1.82, 2.24) is 0 Å². The van der Waals surface area contributed by atoms with Crippen molar-refractivity contribution in [2.24, 2.45) is 0 Å². The van der Waals surface area contributed by atoms with Crippen LogP contribution in [0.3, 0.4) is 0 Å². The smallest absolute Gasteiger partial charge is 0.0540 e. The molecule has 254 valence electrons. The molecule has 0 fully saturated rings. The van der Waals surface area contributed by atoms with Crippen molar-refractivity contribution in [3.63, 3.8) is 0 Å². The summed E-state index contributed by atoms with van der Waals surface area (Å²) in [4.78, 5) is 2.46. The molecule has 10 rings (SSSR count). The highest BCUT2D eigenvalue weighted by Crippen LogP contribution is 2.49. The number of thiophene rings is 1. The first kappa shape index (κ1) is 32.0. The van der Waals surface area contributed by atoms with Gasteiger partial charge < -0.3 is 4.90 Å². The lowest BCUT2D eigenvalue weighted by Gasteiger charge is -2.30. The zero-order valence-electron chi connectivity index (χ0n) is 29.6. The number of benzene rings is 9. The van der Waals surface area contributed by atoms with Gasteiger partial charge >= 0.3 is 0 Å². The summed E-state index contributed by atoms with van der Waals surface area (Å²) in [5, 5.41) is 5.09. The molecule has 2 heteroatoms. The Kier molecular flexibility index (Phi) is 8.09. The molecule has 0 aliphatic carbocycles. The third kappa shape index (κ3) is 5.65. The second kappa shape index (κ2) is 13.7. The van der Waals surface area contributed by atoms with Gasteiger partial charge in [0.15, 0.2) is 0 Å². The molecule has 0 unspecified atom stereocenters. The third-order valence-electron chi connectivity index (χ3n) is 10.5. The lowest BCUT2D eigenvalue weighted by molar-refractivity contribution is 1.28. The topological polar surface area (TPSA) is 3.24 Å². The summed E-state index contributed by atoms with van der Waals surface area (Å²) in [5.41, 5.74) is 12.9. The second-order valence-corrected chi connectivity index (χ2v) is 14.8. The van der Waals surface area contributed by atoms with Crippen molar-refractivity contribution >= 4 is 59.3 Å². The molecule has 1 heterocycles. The molecule has 9 aromatic carbocycles. The first-order valence-electron chi connectivity index (χ1n) is 18.4. The summed E-state index contributed by atoms with van der Waals surface area (Å²) in [6, 6.07) is 77.2. The Morgan fingerprint density at radius 2 is 0.852 bits per heavy atom. The number of hydrogen-bond donors (Lipinski definition) is 0. The van der Waals surface area contributed by atoms with Crippen LogP contribution in [0, 0.1) is 0 Å². The van der Waals surface area contributed by atoms with Crippen LogP contribution in [0.1, 0.15) is 0 Å². The molecule has 0 amide bonds. The van der Waals surface area contributed by atoms with Crippen LogP contribution in [0.5, 0.6) is 0 Å². The highest BCUT2D eigenvalue weighted by atomic mass is 32.1. The highest BCUT2D eigenvalue weighted by Gasteiger charge is 2.23. The van der Waals surface area contributed by atoms with Crippen LogP contribution in [0.4, 0.5) is 17.1 Å². The number of anilines is 3. The Balaban J connectivity index is 1.21. The van der Waals surface area contributed by atoms with Crippen molar-refractivity contribution in [3.8, 4) is 44.5 Å². The van der Waals surface area contributed by atoms with E-state index in [-0.39, 0.29) is 0 Å². The molecule has 54 heavy (non-hydrogen) atoms. The van der Waals surface area contributed by atoms with E-state index in [4.69, 9.17) is 0 Å². The van der Waals surface area contributed by atoms with Crippen LogP contribution in [0.15, 0.2) is 212 Å². The normalized spacial score (nSPS) is 11.3. The Morgan fingerprint density at radius 1 is 0.315 bits per heavy atom. The van der Waals surface area contributed by atoms with Gasteiger partial charge in [-0.1, -0.05) is 170 Å². The summed E-state index contributed by atoms with van der Waals surface area (Å²) in [6.07, 6.45) is 0. The highest BCUT2D eigenvalue weighted by molar-refractivity contribution is 7.25. The van der Waals surface area contributed by atoms with E-state index in [1.165, 1.54) is 75.5 Å². The van der Waals surface area contributed by atoms with Gasteiger partial charge in [-0.3, -0.25) is 0 Å². The predicted octanol–water partition coefficient (Wildman–Crippen LogP) is 15.3. The number of hydrogen-bond acceptors (Lipinski definition) is 2. The van der Waals surface area contributed by atoms with Crippen molar-refractivity contribution in [3.05, 3.63) is 212 Å². The van der Waals surface area contributed by atoms with Gasteiger partial charge in [-0.25, -0.2) is 0 Å². The van der Waals surface area contributed by atoms with E-state index in [2.05, 4.69) is 217 Å². The first-order chi connectivity index (χ1) is 26.8. The van der Waals surface area contributed by atoms with Crippen molar-refractivity contribution in [1.29, 1.82) is 0 Å². The molecule has 0 aliphatic rings. The number of rotatable bonds is 7. The zero-order valence-corrected chi connectivity index (χ0v) is 30.4. The summed E-state index contributed by atoms with van der Waals surface area (Å²) >= 11 is 1.86. The van der Waals surface area contributed by atoms with Crippen LogP contribution in [0.25, 0.3) is 75.5 Å². The molecular formula is C52H35NS. The summed E-state index contributed by atoms with van der Waals surface area (Å²) in [7, 11) is 0. The number of fused-ring (bicyclic) bond motifs is 4. The van der Waals surface area contributed by atoms with E-state index in [0.717, 1.165) is 17.1 Å². The molecule has 0 N–H and O–H groups in total. The lowest BCUT2D eigenvalue weighted by atomic mass is 9.91. The predicted molar refractivity (Wildman–Crippen MR) is 233 cm³/mol. The maximum atomic E-state index is 2.46.